The van der Waals surface area contributed by atoms with E-state index in [1.807, 2.05) is 35.2 Å². The number of ether oxygens (including phenoxy) is 1. The zero-order valence-electron chi connectivity index (χ0n) is 19.6. The Morgan fingerprint density at radius 1 is 1.22 bits per heavy atom. The Labute approximate surface area is 207 Å². The number of carbonyl (C=O) groups excluding carboxylic acids is 2. The summed E-state index contributed by atoms with van der Waals surface area (Å²) in [6.07, 6.45) is 2.29. The number of aliphatic imine (C=N–C) groups is 1. The van der Waals surface area contributed by atoms with Crippen LogP contribution in [0.4, 0.5) is 4.79 Å². The van der Waals surface area contributed by atoms with Gasteiger partial charge >= 0.3 is 12.1 Å². The van der Waals surface area contributed by atoms with Gasteiger partial charge < -0.3 is 25.3 Å². The van der Waals surface area contributed by atoms with Gasteiger partial charge in [-0.15, -0.1) is 0 Å². The Hall–Kier alpha value is -4.18. The number of furan rings is 1. The van der Waals surface area contributed by atoms with E-state index in [-0.39, 0.29) is 25.2 Å². The number of nitrogens with two attached hydrogens (primary N) is 1. The first-order chi connectivity index (χ1) is 17.4. The second-order valence-corrected chi connectivity index (χ2v) is 8.62. The van der Waals surface area contributed by atoms with Gasteiger partial charge in [-0.05, 0) is 49.1 Å². The number of likely N-dealkylation sites (tertiary alicyclic amines) is 1. The molecule has 188 valence electrons. The summed E-state index contributed by atoms with van der Waals surface area (Å²) < 4.78 is 11.0. The van der Waals surface area contributed by atoms with Gasteiger partial charge in [-0.25, -0.2) is 4.79 Å². The summed E-state index contributed by atoms with van der Waals surface area (Å²) in [7, 11) is 0. The van der Waals surface area contributed by atoms with Crippen LogP contribution in [0.15, 0.2) is 64.0 Å². The molecule has 2 aromatic carbocycles. The highest BCUT2D eigenvalue weighted by atomic mass is 16.5. The molecule has 4 rings (SSSR count). The zero-order chi connectivity index (χ0) is 25.5. The van der Waals surface area contributed by atoms with Gasteiger partial charge in [0, 0.05) is 24.0 Å². The minimum absolute atomic E-state index is 0.0245. The number of nitrogens with zero attached hydrogens (tertiary/aromatic N) is 2. The van der Waals surface area contributed by atoms with Gasteiger partial charge in [-0.1, -0.05) is 30.3 Å². The molecule has 1 aliphatic rings. The van der Waals surface area contributed by atoms with Crippen molar-refractivity contribution in [2.45, 2.75) is 38.0 Å². The largest absolute Gasteiger partial charge is 0.481 e. The van der Waals surface area contributed by atoms with E-state index >= 15 is 0 Å². The maximum Gasteiger partial charge on any atom is 0.435 e. The van der Waals surface area contributed by atoms with Crippen molar-refractivity contribution < 1.29 is 28.6 Å². The molecule has 0 aliphatic carbocycles. The first-order valence-electron chi connectivity index (χ1n) is 11.7. The van der Waals surface area contributed by atoms with Crippen LogP contribution in [0.2, 0.25) is 0 Å². The van der Waals surface area contributed by atoms with Gasteiger partial charge in [0.05, 0.1) is 6.17 Å². The van der Waals surface area contributed by atoms with Crippen molar-refractivity contribution in [3.05, 3.63) is 71.5 Å². The lowest BCUT2D eigenvalue weighted by molar-refractivity contribution is -0.140. The Bertz CT molecular complexity index is 1260. The van der Waals surface area contributed by atoms with Gasteiger partial charge in [0.15, 0.2) is 0 Å². The number of amides is 2. The van der Waals surface area contributed by atoms with E-state index in [1.165, 1.54) is 0 Å². The topological polar surface area (TPSA) is 147 Å². The van der Waals surface area contributed by atoms with Crippen molar-refractivity contribution >= 4 is 35.3 Å². The molecule has 10 nitrogen and oxygen atoms in total. The smallest absolute Gasteiger partial charge is 0.435 e. The highest BCUT2D eigenvalue weighted by molar-refractivity contribution is 6.04. The maximum absolute atomic E-state index is 12.1. The molecule has 1 aliphatic heterocycles. The third-order valence-electron chi connectivity index (χ3n) is 6.18. The van der Waals surface area contributed by atoms with Crippen molar-refractivity contribution in [1.82, 2.24) is 10.2 Å². The van der Waals surface area contributed by atoms with Gasteiger partial charge in [0.25, 0.3) is 0 Å². The van der Waals surface area contributed by atoms with Crippen LogP contribution in [-0.2, 0) is 20.9 Å². The van der Waals surface area contributed by atoms with Gasteiger partial charge in [0.1, 0.15) is 29.7 Å². The average Bonchev–Trinajstić information content (AvgIpc) is 3.30. The Balaban J connectivity index is 1.48. The number of fused-ring (bicyclic) bond motifs is 1. The lowest BCUT2D eigenvalue weighted by Crippen LogP contribution is -2.50. The molecule has 10 heteroatoms. The van der Waals surface area contributed by atoms with Crippen LogP contribution < -0.4 is 11.1 Å². The standard InChI is InChI=1S/C26H28N4O6/c27-24(29-26(34)35-15-17-6-2-1-3-7-17)18-9-10-21-19(12-18)13-22(36-21)20(25(32)33)14-30-11-5-4-8-23(30)28-16-31/h1-3,6-7,9-10,12-13,16,20,23H,4-5,8,11,14-15H2,(H,28,31)(H,32,33)(H2,27,29,34). The number of carbonyl (C=O) groups is 3. The lowest BCUT2D eigenvalue weighted by atomic mass is 10.0. The van der Waals surface area contributed by atoms with Crippen molar-refractivity contribution in [2.24, 2.45) is 10.7 Å². The molecule has 1 saturated heterocycles. The molecule has 0 radical (unpaired) electrons. The number of nitrogens with one attached hydrogen (secondary N) is 1. The molecule has 2 heterocycles. The lowest BCUT2D eigenvalue weighted by Gasteiger charge is -2.36. The first-order valence-corrected chi connectivity index (χ1v) is 11.7. The monoisotopic (exact) mass is 492 g/mol. The van der Waals surface area contributed by atoms with E-state index in [2.05, 4.69) is 10.3 Å². The third kappa shape index (κ3) is 6.08. The fraction of sp³-hybridized carbons (Fsp3) is 0.308. The summed E-state index contributed by atoms with van der Waals surface area (Å²) in [5, 5.41) is 13.3. The highest BCUT2D eigenvalue weighted by Gasteiger charge is 2.31. The summed E-state index contributed by atoms with van der Waals surface area (Å²) in [4.78, 5) is 40.9. The predicted octanol–water partition coefficient (Wildman–Crippen LogP) is 3.20. The quantitative estimate of drug-likeness (QED) is 0.234. The molecule has 0 spiro atoms. The van der Waals surface area contributed by atoms with E-state index < -0.39 is 18.0 Å². The molecule has 2 atom stereocenters. The molecule has 0 saturated carbocycles. The third-order valence-corrected chi connectivity index (χ3v) is 6.18. The number of piperidine rings is 1. The molecule has 2 amide bonds. The van der Waals surface area contributed by atoms with E-state index in [1.54, 1.807) is 24.3 Å². The number of carboxylic acids is 1. The SMILES string of the molecule is NC(=NC(=O)OCc1ccccc1)c1ccc2oc(C(CN3CCCCC3NC=O)C(=O)O)cc2c1. The molecule has 36 heavy (non-hydrogen) atoms. The highest BCUT2D eigenvalue weighted by Crippen LogP contribution is 2.29. The molecular weight excluding hydrogens is 464 g/mol. The second-order valence-electron chi connectivity index (χ2n) is 8.62. The number of hydrogen-bond acceptors (Lipinski definition) is 6. The first kappa shape index (κ1) is 24.9. The average molecular weight is 493 g/mol. The van der Waals surface area contributed by atoms with Crippen LogP contribution in [-0.4, -0.2) is 53.6 Å². The van der Waals surface area contributed by atoms with Gasteiger partial charge in [0.2, 0.25) is 6.41 Å². The van der Waals surface area contributed by atoms with Crippen molar-refractivity contribution in [2.75, 3.05) is 13.1 Å². The van der Waals surface area contributed by atoms with Crippen molar-refractivity contribution in [1.29, 1.82) is 0 Å². The molecule has 1 fully saturated rings. The second kappa shape index (κ2) is 11.5. The minimum Gasteiger partial charge on any atom is -0.481 e. The fourth-order valence-corrected chi connectivity index (χ4v) is 4.31. The van der Waals surface area contributed by atoms with E-state index in [0.717, 1.165) is 24.8 Å². The molecule has 4 N–H and O–H groups in total. The number of carboxylic acid groups (broad SMARTS) is 1. The van der Waals surface area contributed by atoms with Crippen molar-refractivity contribution in [3.8, 4) is 0 Å². The van der Waals surface area contributed by atoms with Crippen LogP contribution >= 0.6 is 0 Å². The number of aliphatic carboxylic acids is 1. The fourth-order valence-electron chi connectivity index (χ4n) is 4.31. The van der Waals surface area contributed by atoms with Crippen LogP contribution in [0.25, 0.3) is 11.0 Å². The molecule has 2 unspecified atom stereocenters. The minimum atomic E-state index is -1.02. The summed E-state index contributed by atoms with van der Waals surface area (Å²) >= 11 is 0. The van der Waals surface area contributed by atoms with Gasteiger partial charge in [-0.2, -0.15) is 4.99 Å². The number of amidine groups is 1. The van der Waals surface area contributed by atoms with Crippen LogP contribution in [0.1, 0.15) is 42.1 Å². The molecular formula is C26H28N4O6. The molecule has 3 aromatic rings. The van der Waals surface area contributed by atoms with E-state index in [4.69, 9.17) is 14.9 Å². The van der Waals surface area contributed by atoms with Crippen LogP contribution in [0.3, 0.4) is 0 Å². The van der Waals surface area contributed by atoms with Crippen LogP contribution in [0.5, 0.6) is 0 Å². The van der Waals surface area contributed by atoms with Gasteiger partial charge in [-0.3, -0.25) is 14.5 Å². The van der Waals surface area contributed by atoms with E-state index in [9.17, 15) is 19.5 Å². The zero-order valence-corrected chi connectivity index (χ0v) is 19.6. The number of hydrogen-bond donors (Lipinski definition) is 3. The number of rotatable bonds is 9. The normalized spacial score (nSPS) is 17.4. The summed E-state index contributed by atoms with van der Waals surface area (Å²) in [6, 6.07) is 15.9. The Morgan fingerprint density at radius 3 is 2.78 bits per heavy atom. The number of benzene rings is 2. The summed E-state index contributed by atoms with van der Waals surface area (Å²) in [5.74, 6) is -1.67. The summed E-state index contributed by atoms with van der Waals surface area (Å²) in [5.41, 5.74) is 7.82. The maximum atomic E-state index is 12.1. The molecule has 0 bridgehead atoms. The predicted molar refractivity (Wildman–Crippen MR) is 132 cm³/mol. The Kier molecular flexibility index (Phi) is 7.96. The molecule has 1 aromatic heterocycles. The summed E-state index contributed by atoms with van der Waals surface area (Å²) in [6.45, 7) is 0.967. The van der Waals surface area contributed by atoms with Crippen molar-refractivity contribution in [3.63, 3.8) is 0 Å². The van der Waals surface area contributed by atoms with Crippen LogP contribution in [0, 0.1) is 0 Å². The van der Waals surface area contributed by atoms with E-state index in [0.29, 0.717) is 35.2 Å². The Morgan fingerprint density at radius 2 is 2.03 bits per heavy atom.